The molecular weight excluding hydrogens is 232 g/mol. The van der Waals surface area contributed by atoms with Gasteiger partial charge in [0.1, 0.15) is 0 Å². The number of carbonyl (C=O) groups is 1. The Morgan fingerprint density at radius 2 is 1.82 bits per heavy atom. The predicted octanol–water partition coefficient (Wildman–Crippen LogP) is 3.29. The van der Waals surface area contributed by atoms with E-state index in [1.165, 1.54) is 13.2 Å². The quantitative estimate of drug-likeness (QED) is 0.328. The van der Waals surface area contributed by atoms with E-state index in [1.54, 1.807) is 12.2 Å². The third-order valence-corrected chi connectivity index (χ3v) is 7.53. The SMILES string of the molecule is COC(=O)/C=C\C=C\CO[Si](C)(C)C(C)(C)C. The van der Waals surface area contributed by atoms with Crippen molar-refractivity contribution < 1.29 is 14.0 Å². The maximum Gasteiger partial charge on any atom is 0.330 e. The number of hydrogen-bond acceptors (Lipinski definition) is 3. The molecule has 4 heteroatoms. The minimum atomic E-state index is -1.66. The lowest BCUT2D eigenvalue weighted by atomic mass is 10.2. The van der Waals surface area contributed by atoms with E-state index in [-0.39, 0.29) is 11.0 Å². The minimum absolute atomic E-state index is 0.225. The fraction of sp³-hybridized carbons (Fsp3) is 0.615. The topological polar surface area (TPSA) is 35.5 Å². The van der Waals surface area contributed by atoms with Crippen molar-refractivity contribution in [2.45, 2.75) is 38.9 Å². The van der Waals surface area contributed by atoms with Gasteiger partial charge in [-0.15, -0.1) is 0 Å². The zero-order chi connectivity index (χ0) is 13.5. The molecule has 0 amide bonds. The fourth-order valence-corrected chi connectivity index (χ4v) is 1.76. The molecule has 0 aromatic rings. The van der Waals surface area contributed by atoms with Crippen LogP contribution in [0.25, 0.3) is 0 Å². The van der Waals surface area contributed by atoms with Gasteiger partial charge in [0.05, 0.1) is 13.7 Å². The molecule has 0 aliphatic rings. The highest BCUT2D eigenvalue weighted by atomic mass is 28.4. The first-order chi connectivity index (χ1) is 7.70. The Morgan fingerprint density at radius 1 is 1.24 bits per heavy atom. The monoisotopic (exact) mass is 256 g/mol. The highest BCUT2D eigenvalue weighted by molar-refractivity contribution is 6.74. The van der Waals surface area contributed by atoms with E-state index in [1.807, 2.05) is 6.08 Å². The summed E-state index contributed by atoms with van der Waals surface area (Å²) in [4.78, 5) is 10.8. The summed E-state index contributed by atoms with van der Waals surface area (Å²) in [6, 6.07) is 0. The van der Waals surface area contributed by atoms with Crippen LogP contribution in [0.4, 0.5) is 0 Å². The third-order valence-electron chi connectivity index (χ3n) is 3.03. The lowest BCUT2D eigenvalue weighted by Gasteiger charge is -2.35. The summed E-state index contributed by atoms with van der Waals surface area (Å²) in [5.74, 6) is -0.347. The molecule has 0 bridgehead atoms. The number of esters is 1. The normalized spacial score (nSPS) is 13.5. The number of hydrogen-bond donors (Lipinski definition) is 0. The maximum absolute atomic E-state index is 10.8. The lowest BCUT2D eigenvalue weighted by Crippen LogP contribution is -2.40. The van der Waals surface area contributed by atoms with Gasteiger partial charge in [0.2, 0.25) is 0 Å². The van der Waals surface area contributed by atoms with Gasteiger partial charge >= 0.3 is 5.97 Å². The van der Waals surface area contributed by atoms with Gasteiger partial charge < -0.3 is 9.16 Å². The number of allylic oxidation sites excluding steroid dienone is 2. The molecule has 0 saturated carbocycles. The molecule has 0 rings (SSSR count). The number of rotatable bonds is 5. The Bertz CT molecular complexity index is 298. The van der Waals surface area contributed by atoms with Gasteiger partial charge in [-0.2, -0.15) is 0 Å². The smallest absolute Gasteiger partial charge is 0.330 e. The molecule has 98 valence electrons. The van der Waals surface area contributed by atoms with E-state index in [0.717, 1.165) is 0 Å². The molecule has 0 aliphatic heterocycles. The summed E-state index contributed by atoms with van der Waals surface area (Å²) in [6.45, 7) is 11.6. The van der Waals surface area contributed by atoms with Crippen LogP contribution in [0, 0.1) is 0 Å². The fourth-order valence-electron chi connectivity index (χ4n) is 0.809. The van der Waals surface area contributed by atoms with Crippen molar-refractivity contribution in [3.05, 3.63) is 24.3 Å². The summed E-state index contributed by atoms with van der Waals surface area (Å²) >= 11 is 0. The standard InChI is InChI=1S/C13H24O3Si/c1-13(2,3)17(5,6)16-11-9-7-8-10-12(14)15-4/h7-10H,11H2,1-6H3/b9-7+,10-8-. The molecule has 0 spiro atoms. The van der Waals surface area contributed by atoms with E-state index in [4.69, 9.17) is 4.43 Å². The molecule has 17 heavy (non-hydrogen) atoms. The highest BCUT2D eigenvalue weighted by Gasteiger charge is 2.36. The molecule has 0 atom stereocenters. The molecule has 0 fully saturated rings. The van der Waals surface area contributed by atoms with E-state index >= 15 is 0 Å². The highest BCUT2D eigenvalue weighted by Crippen LogP contribution is 2.36. The Morgan fingerprint density at radius 3 is 2.29 bits per heavy atom. The van der Waals surface area contributed by atoms with Crippen molar-refractivity contribution in [3.8, 4) is 0 Å². The molecule has 0 aliphatic carbocycles. The molecule has 0 saturated heterocycles. The zero-order valence-corrected chi connectivity index (χ0v) is 12.7. The Balaban J connectivity index is 4.04. The summed E-state index contributed by atoms with van der Waals surface area (Å²) < 4.78 is 10.4. The van der Waals surface area contributed by atoms with Crippen LogP contribution >= 0.6 is 0 Å². The van der Waals surface area contributed by atoms with Crippen molar-refractivity contribution >= 4 is 14.3 Å². The van der Waals surface area contributed by atoms with Gasteiger partial charge in [-0.1, -0.05) is 39.0 Å². The van der Waals surface area contributed by atoms with Crippen LogP contribution in [0.5, 0.6) is 0 Å². The van der Waals surface area contributed by atoms with Crippen LogP contribution in [0.15, 0.2) is 24.3 Å². The maximum atomic E-state index is 10.8. The van der Waals surface area contributed by atoms with Gasteiger partial charge in [-0.25, -0.2) is 4.79 Å². The molecule has 0 radical (unpaired) electrons. The summed E-state index contributed by atoms with van der Waals surface area (Å²) in [6.07, 6.45) is 6.73. The van der Waals surface area contributed by atoms with Crippen molar-refractivity contribution in [1.29, 1.82) is 0 Å². The molecule has 0 unspecified atom stereocenters. The van der Waals surface area contributed by atoms with Gasteiger partial charge in [-0.05, 0) is 18.1 Å². The third kappa shape index (κ3) is 6.43. The van der Waals surface area contributed by atoms with Gasteiger partial charge in [0.25, 0.3) is 0 Å². The summed E-state index contributed by atoms with van der Waals surface area (Å²) in [7, 11) is -0.303. The average molecular weight is 256 g/mol. The van der Waals surface area contributed by atoms with E-state index in [0.29, 0.717) is 6.61 Å². The second kappa shape index (κ2) is 6.76. The molecule has 0 heterocycles. The second-order valence-corrected chi connectivity index (χ2v) is 10.2. The van der Waals surface area contributed by atoms with Crippen molar-refractivity contribution in [1.82, 2.24) is 0 Å². The van der Waals surface area contributed by atoms with Crippen molar-refractivity contribution in [3.63, 3.8) is 0 Å². The van der Waals surface area contributed by atoms with Gasteiger partial charge in [0.15, 0.2) is 8.32 Å². The van der Waals surface area contributed by atoms with E-state index in [9.17, 15) is 4.79 Å². The van der Waals surface area contributed by atoms with Crippen LogP contribution < -0.4 is 0 Å². The molecular formula is C13H24O3Si. The van der Waals surface area contributed by atoms with E-state index in [2.05, 4.69) is 38.6 Å². The van der Waals surface area contributed by atoms with Crippen LogP contribution in [-0.2, 0) is 14.0 Å². The Labute approximate surface area is 106 Å². The van der Waals surface area contributed by atoms with Crippen LogP contribution in [-0.4, -0.2) is 28.0 Å². The summed E-state index contributed by atoms with van der Waals surface area (Å²) in [5.41, 5.74) is 0. The number of methoxy groups -OCH3 is 1. The van der Waals surface area contributed by atoms with Crippen LogP contribution in [0.3, 0.4) is 0 Å². The van der Waals surface area contributed by atoms with Crippen LogP contribution in [0.1, 0.15) is 20.8 Å². The first-order valence-electron chi connectivity index (χ1n) is 5.76. The van der Waals surface area contributed by atoms with Crippen molar-refractivity contribution in [2.75, 3.05) is 13.7 Å². The largest absolute Gasteiger partial charge is 0.466 e. The van der Waals surface area contributed by atoms with Gasteiger partial charge in [0, 0.05) is 6.08 Å². The Kier molecular flexibility index (Phi) is 6.42. The second-order valence-electron chi connectivity index (χ2n) is 5.38. The van der Waals surface area contributed by atoms with Crippen molar-refractivity contribution in [2.24, 2.45) is 0 Å². The molecule has 3 nitrogen and oxygen atoms in total. The van der Waals surface area contributed by atoms with Crippen LogP contribution in [0.2, 0.25) is 18.1 Å². The Hall–Kier alpha value is -0.873. The van der Waals surface area contributed by atoms with Gasteiger partial charge in [-0.3, -0.25) is 0 Å². The number of ether oxygens (including phenoxy) is 1. The molecule has 0 aromatic heterocycles. The molecule has 0 N–H and O–H groups in total. The number of carbonyl (C=O) groups excluding carboxylic acids is 1. The first-order valence-corrected chi connectivity index (χ1v) is 8.66. The zero-order valence-electron chi connectivity index (χ0n) is 11.7. The average Bonchev–Trinajstić information content (AvgIpc) is 2.21. The minimum Gasteiger partial charge on any atom is -0.466 e. The van der Waals surface area contributed by atoms with E-state index < -0.39 is 8.32 Å². The lowest BCUT2D eigenvalue weighted by molar-refractivity contribution is -0.134. The molecule has 0 aromatic carbocycles. The predicted molar refractivity (Wildman–Crippen MR) is 73.4 cm³/mol. The first kappa shape index (κ1) is 16.1. The summed E-state index contributed by atoms with van der Waals surface area (Å²) in [5, 5.41) is 0.225.